The second-order valence-corrected chi connectivity index (χ2v) is 5.12. The first kappa shape index (κ1) is 15.0. The van der Waals surface area contributed by atoms with Crippen molar-refractivity contribution in [1.29, 1.82) is 0 Å². The molecule has 0 aliphatic rings. The fraction of sp³-hybridized carbons (Fsp3) is 0.111. The topological polar surface area (TPSA) is 54.0 Å². The minimum Gasteiger partial charge on any atom is -0.383 e. The number of carbonyl (C=O) groups excluding carboxylic acids is 1. The lowest BCUT2D eigenvalue weighted by molar-refractivity contribution is -0.115. The number of benzene rings is 2. The summed E-state index contributed by atoms with van der Waals surface area (Å²) in [5.74, 6) is -0.543. The second kappa shape index (κ2) is 6.87. The van der Waals surface area contributed by atoms with E-state index in [1.165, 1.54) is 12.1 Å². The van der Waals surface area contributed by atoms with E-state index in [-0.39, 0.29) is 18.1 Å². The third-order valence-electron chi connectivity index (χ3n) is 3.41. The number of carbonyl (C=O) groups is 1. The van der Waals surface area contributed by atoms with E-state index in [9.17, 15) is 9.18 Å². The maximum atomic E-state index is 13.1. The molecule has 116 valence electrons. The van der Waals surface area contributed by atoms with E-state index >= 15 is 0 Å². The molecule has 0 aliphatic heterocycles. The van der Waals surface area contributed by atoms with Gasteiger partial charge in [-0.25, -0.2) is 4.39 Å². The Hall–Kier alpha value is -2.95. The van der Waals surface area contributed by atoms with Crippen LogP contribution in [0.3, 0.4) is 0 Å². The van der Waals surface area contributed by atoms with E-state index < -0.39 is 0 Å². The highest BCUT2D eigenvalue weighted by Crippen LogP contribution is 2.20. The summed E-state index contributed by atoms with van der Waals surface area (Å²) in [4.78, 5) is 16.2. The van der Waals surface area contributed by atoms with Gasteiger partial charge in [-0.2, -0.15) is 0 Å². The van der Waals surface area contributed by atoms with Crippen molar-refractivity contribution in [2.75, 3.05) is 17.2 Å². The molecule has 3 aromatic rings. The molecule has 1 amide bonds. The summed E-state index contributed by atoms with van der Waals surface area (Å²) in [6.45, 7) is 0.469. The number of halogens is 1. The molecule has 0 saturated carbocycles. The maximum Gasteiger partial charge on any atom is 0.226 e. The van der Waals surface area contributed by atoms with Gasteiger partial charge in [0, 0.05) is 30.2 Å². The number of rotatable bonds is 5. The summed E-state index contributed by atoms with van der Waals surface area (Å²) in [7, 11) is 0. The van der Waals surface area contributed by atoms with Gasteiger partial charge < -0.3 is 10.6 Å². The molecule has 5 heteroatoms. The van der Waals surface area contributed by atoms with Crippen LogP contribution in [0.25, 0.3) is 10.9 Å². The van der Waals surface area contributed by atoms with E-state index in [1.54, 1.807) is 18.3 Å². The van der Waals surface area contributed by atoms with Gasteiger partial charge in [0.2, 0.25) is 5.91 Å². The molecule has 23 heavy (non-hydrogen) atoms. The Labute approximate surface area is 133 Å². The average Bonchev–Trinajstić information content (AvgIpc) is 2.55. The predicted molar refractivity (Wildman–Crippen MR) is 89.9 cm³/mol. The Kier molecular flexibility index (Phi) is 4.47. The zero-order valence-corrected chi connectivity index (χ0v) is 12.4. The van der Waals surface area contributed by atoms with Gasteiger partial charge >= 0.3 is 0 Å². The first-order valence-electron chi connectivity index (χ1n) is 7.35. The van der Waals surface area contributed by atoms with Gasteiger partial charge in [0.25, 0.3) is 0 Å². The minimum atomic E-state index is -0.372. The number of amides is 1. The van der Waals surface area contributed by atoms with Crippen molar-refractivity contribution in [2.24, 2.45) is 0 Å². The lowest BCUT2D eigenvalue weighted by atomic mass is 10.2. The van der Waals surface area contributed by atoms with Gasteiger partial charge in [-0.05, 0) is 30.3 Å². The average molecular weight is 309 g/mol. The smallest absolute Gasteiger partial charge is 0.226 e. The van der Waals surface area contributed by atoms with Crippen molar-refractivity contribution >= 4 is 28.2 Å². The highest BCUT2D eigenvalue weighted by molar-refractivity contribution is 5.92. The van der Waals surface area contributed by atoms with Crippen LogP contribution >= 0.6 is 0 Å². The molecule has 1 heterocycles. The Bertz CT molecular complexity index is 830. The lowest BCUT2D eigenvalue weighted by Crippen LogP contribution is -2.16. The molecule has 0 atom stereocenters. The molecular formula is C18H16FN3O. The van der Waals surface area contributed by atoms with Crippen molar-refractivity contribution in [1.82, 2.24) is 4.98 Å². The van der Waals surface area contributed by atoms with Crippen LogP contribution < -0.4 is 10.6 Å². The number of anilines is 2. The van der Waals surface area contributed by atoms with Crippen molar-refractivity contribution in [3.05, 3.63) is 66.6 Å². The van der Waals surface area contributed by atoms with Crippen LogP contribution in [0.1, 0.15) is 6.42 Å². The Morgan fingerprint density at radius 2 is 1.91 bits per heavy atom. The van der Waals surface area contributed by atoms with Crippen molar-refractivity contribution in [3.63, 3.8) is 0 Å². The molecule has 1 aromatic heterocycles. The Morgan fingerprint density at radius 3 is 2.78 bits per heavy atom. The SMILES string of the molecule is O=C(CCNc1cccc2cccnc12)Nc1cccc(F)c1. The Balaban J connectivity index is 1.57. The van der Waals surface area contributed by atoms with Crippen LogP contribution in [0, 0.1) is 5.82 Å². The molecular weight excluding hydrogens is 293 g/mol. The minimum absolute atomic E-state index is 0.170. The number of fused-ring (bicyclic) bond motifs is 1. The zero-order chi connectivity index (χ0) is 16.1. The predicted octanol–water partition coefficient (Wildman–Crippen LogP) is 3.81. The van der Waals surface area contributed by atoms with Gasteiger partial charge in [0.05, 0.1) is 11.2 Å². The summed E-state index contributed by atoms with van der Waals surface area (Å²) in [5.41, 5.74) is 2.23. The number of nitrogens with one attached hydrogen (secondary N) is 2. The molecule has 0 saturated heterocycles. The van der Waals surface area contributed by atoms with E-state index in [0.29, 0.717) is 12.2 Å². The molecule has 3 rings (SSSR count). The number of nitrogens with zero attached hydrogens (tertiary/aromatic N) is 1. The third kappa shape index (κ3) is 3.83. The molecule has 0 aliphatic carbocycles. The summed E-state index contributed by atoms with van der Waals surface area (Å²) in [6.07, 6.45) is 2.02. The van der Waals surface area contributed by atoms with E-state index in [0.717, 1.165) is 16.6 Å². The quantitative estimate of drug-likeness (QED) is 0.753. The Morgan fingerprint density at radius 1 is 1.09 bits per heavy atom. The standard InChI is InChI=1S/C18H16FN3O/c19-14-6-2-7-15(12-14)22-17(23)9-11-20-16-8-1-4-13-5-3-10-21-18(13)16/h1-8,10,12,20H,9,11H2,(H,22,23). The second-order valence-electron chi connectivity index (χ2n) is 5.12. The van der Waals surface area contributed by atoms with Gasteiger partial charge in [0.15, 0.2) is 0 Å². The van der Waals surface area contributed by atoms with Gasteiger partial charge in [-0.3, -0.25) is 9.78 Å². The van der Waals surface area contributed by atoms with Crippen molar-refractivity contribution in [3.8, 4) is 0 Å². The van der Waals surface area contributed by atoms with E-state index in [4.69, 9.17) is 0 Å². The third-order valence-corrected chi connectivity index (χ3v) is 3.41. The largest absolute Gasteiger partial charge is 0.383 e. The number of hydrogen-bond acceptors (Lipinski definition) is 3. The van der Waals surface area contributed by atoms with Crippen molar-refractivity contribution < 1.29 is 9.18 Å². The van der Waals surface area contributed by atoms with Crippen LogP contribution in [0.15, 0.2) is 60.8 Å². The number of pyridine rings is 1. The summed E-state index contributed by atoms with van der Waals surface area (Å²) < 4.78 is 13.1. The number of para-hydroxylation sites is 1. The zero-order valence-electron chi connectivity index (χ0n) is 12.4. The van der Waals surface area contributed by atoms with Crippen LogP contribution in [0.4, 0.5) is 15.8 Å². The fourth-order valence-corrected chi connectivity index (χ4v) is 2.35. The van der Waals surface area contributed by atoms with Crippen molar-refractivity contribution in [2.45, 2.75) is 6.42 Å². The first-order valence-corrected chi connectivity index (χ1v) is 7.35. The van der Waals surface area contributed by atoms with Crippen LogP contribution in [-0.4, -0.2) is 17.4 Å². The maximum absolute atomic E-state index is 13.1. The summed E-state index contributed by atoms with van der Waals surface area (Å²) >= 11 is 0. The monoisotopic (exact) mass is 309 g/mol. The normalized spacial score (nSPS) is 10.5. The summed E-state index contributed by atoms with van der Waals surface area (Å²) in [5, 5.41) is 6.93. The summed E-state index contributed by atoms with van der Waals surface area (Å²) in [6, 6.07) is 15.6. The van der Waals surface area contributed by atoms with Crippen LogP contribution in [0.2, 0.25) is 0 Å². The highest BCUT2D eigenvalue weighted by Gasteiger charge is 2.05. The highest BCUT2D eigenvalue weighted by atomic mass is 19.1. The molecule has 4 nitrogen and oxygen atoms in total. The number of hydrogen-bond donors (Lipinski definition) is 2. The van der Waals surface area contributed by atoms with Crippen LogP contribution in [-0.2, 0) is 4.79 Å². The van der Waals surface area contributed by atoms with Gasteiger partial charge in [-0.1, -0.05) is 24.3 Å². The number of aromatic nitrogens is 1. The molecule has 0 spiro atoms. The molecule has 2 N–H and O–H groups in total. The van der Waals surface area contributed by atoms with Crippen LogP contribution in [0.5, 0.6) is 0 Å². The molecule has 0 unspecified atom stereocenters. The fourth-order valence-electron chi connectivity index (χ4n) is 2.35. The molecule has 2 aromatic carbocycles. The van der Waals surface area contributed by atoms with E-state index in [1.807, 2.05) is 30.3 Å². The van der Waals surface area contributed by atoms with Gasteiger partial charge in [0.1, 0.15) is 5.82 Å². The molecule has 0 fully saturated rings. The molecule has 0 radical (unpaired) electrons. The van der Waals surface area contributed by atoms with E-state index in [2.05, 4.69) is 15.6 Å². The molecule has 0 bridgehead atoms. The van der Waals surface area contributed by atoms with Gasteiger partial charge in [-0.15, -0.1) is 0 Å². The first-order chi connectivity index (χ1) is 11.2. The lowest BCUT2D eigenvalue weighted by Gasteiger charge is -2.09.